The standard InChI is InChI=1S/C9H21N3S.HI/c1-9(2,13-6)7-11-8(10-3)12(4)5;/h7H2,1-6H3,(H,10,11);1H. The van der Waals surface area contributed by atoms with Crippen molar-refractivity contribution in [3.63, 3.8) is 0 Å². The normalized spacial score (nSPS) is 12.0. The van der Waals surface area contributed by atoms with Crippen LogP contribution in [0.5, 0.6) is 0 Å². The SMILES string of the molecule is CN=C(NCC(C)(C)SC)N(C)C.I. The van der Waals surface area contributed by atoms with E-state index >= 15 is 0 Å². The average Bonchev–Trinajstić information content (AvgIpc) is 2.05. The van der Waals surface area contributed by atoms with E-state index in [2.05, 4.69) is 30.4 Å². The van der Waals surface area contributed by atoms with Crippen LogP contribution in [0.2, 0.25) is 0 Å². The maximum Gasteiger partial charge on any atom is 0.193 e. The van der Waals surface area contributed by atoms with Gasteiger partial charge in [0.2, 0.25) is 0 Å². The fourth-order valence-electron chi connectivity index (χ4n) is 0.801. The highest BCUT2D eigenvalue weighted by Crippen LogP contribution is 2.19. The molecule has 0 spiro atoms. The van der Waals surface area contributed by atoms with E-state index in [0.717, 1.165) is 12.5 Å². The van der Waals surface area contributed by atoms with E-state index < -0.39 is 0 Å². The molecule has 0 aromatic heterocycles. The van der Waals surface area contributed by atoms with E-state index in [-0.39, 0.29) is 28.7 Å². The largest absolute Gasteiger partial charge is 0.355 e. The first-order valence-electron chi connectivity index (χ1n) is 4.36. The van der Waals surface area contributed by atoms with E-state index in [1.165, 1.54) is 0 Å². The lowest BCUT2D eigenvalue weighted by Crippen LogP contribution is -2.42. The van der Waals surface area contributed by atoms with Gasteiger partial charge in [0.25, 0.3) is 0 Å². The number of hydrogen-bond donors (Lipinski definition) is 1. The van der Waals surface area contributed by atoms with Gasteiger partial charge >= 0.3 is 0 Å². The van der Waals surface area contributed by atoms with Crippen LogP contribution >= 0.6 is 35.7 Å². The number of aliphatic imine (C=N–C) groups is 1. The molecule has 0 aliphatic carbocycles. The number of nitrogens with zero attached hydrogens (tertiary/aromatic N) is 2. The van der Waals surface area contributed by atoms with Crippen molar-refractivity contribution in [3.8, 4) is 0 Å². The zero-order chi connectivity index (χ0) is 10.5. The van der Waals surface area contributed by atoms with Crippen LogP contribution in [-0.4, -0.2) is 49.6 Å². The summed E-state index contributed by atoms with van der Waals surface area (Å²) < 4.78 is 0.256. The Labute approximate surface area is 109 Å². The second kappa shape index (κ2) is 7.62. The Morgan fingerprint density at radius 1 is 1.43 bits per heavy atom. The molecule has 0 heterocycles. The van der Waals surface area contributed by atoms with Crippen molar-refractivity contribution in [1.82, 2.24) is 10.2 Å². The third kappa shape index (κ3) is 6.75. The summed E-state index contributed by atoms with van der Waals surface area (Å²) in [7, 11) is 5.78. The van der Waals surface area contributed by atoms with Crippen LogP contribution in [0.4, 0.5) is 0 Å². The van der Waals surface area contributed by atoms with E-state index in [1.807, 2.05) is 30.8 Å². The van der Waals surface area contributed by atoms with Gasteiger partial charge in [-0.05, 0) is 20.1 Å². The molecule has 0 fully saturated rings. The molecule has 5 heteroatoms. The molecule has 0 amide bonds. The van der Waals surface area contributed by atoms with Crippen molar-refractivity contribution >= 4 is 41.7 Å². The molecule has 1 N–H and O–H groups in total. The van der Waals surface area contributed by atoms with Crippen LogP contribution in [0.25, 0.3) is 0 Å². The number of rotatable bonds is 3. The summed E-state index contributed by atoms with van der Waals surface area (Å²) in [4.78, 5) is 6.13. The molecular weight excluding hydrogens is 309 g/mol. The molecule has 0 bridgehead atoms. The van der Waals surface area contributed by atoms with Crippen molar-refractivity contribution < 1.29 is 0 Å². The quantitative estimate of drug-likeness (QED) is 0.486. The minimum absolute atomic E-state index is 0. The summed E-state index contributed by atoms with van der Waals surface area (Å²) in [6, 6.07) is 0. The van der Waals surface area contributed by atoms with Gasteiger partial charge in [-0.3, -0.25) is 4.99 Å². The van der Waals surface area contributed by atoms with Gasteiger partial charge in [0.15, 0.2) is 5.96 Å². The van der Waals surface area contributed by atoms with Crippen molar-refractivity contribution in [3.05, 3.63) is 0 Å². The molecule has 0 aromatic rings. The molecular formula is C9H22IN3S. The van der Waals surface area contributed by atoms with E-state index in [4.69, 9.17) is 0 Å². The van der Waals surface area contributed by atoms with E-state index in [1.54, 1.807) is 7.05 Å². The van der Waals surface area contributed by atoms with Gasteiger partial charge in [-0.2, -0.15) is 11.8 Å². The number of guanidine groups is 1. The summed E-state index contributed by atoms with van der Waals surface area (Å²) in [5.74, 6) is 0.933. The van der Waals surface area contributed by atoms with E-state index in [0.29, 0.717) is 0 Å². The predicted molar refractivity (Wildman–Crippen MR) is 78.1 cm³/mol. The predicted octanol–water partition coefficient (Wildman–Crippen LogP) is 1.88. The van der Waals surface area contributed by atoms with Gasteiger partial charge in [-0.25, -0.2) is 0 Å². The minimum Gasteiger partial charge on any atom is -0.355 e. The summed E-state index contributed by atoms with van der Waals surface area (Å²) in [6.07, 6.45) is 2.13. The van der Waals surface area contributed by atoms with Gasteiger partial charge in [-0.1, -0.05) is 0 Å². The summed E-state index contributed by atoms with van der Waals surface area (Å²) in [5.41, 5.74) is 0. The Balaban J connectivity index is 0. The van der Waals surface area contributed by atoms with Crippen molar-refractivity contribution in [1.29, 1.82) is 0 Å². The summed E-state index contributed by atoms with van der Waals surface area (Å²) >= 11 is 1.86. The molecule has 0 aliphatic rings. The highest BCUT2D eigenvalue weighted by atomic mass is 127. The Morgan fingerprint density at radius 2 is 1.93 bits per heavy atom. The van der Waals surface area contributed by atoms with Crippen LogP contribution in [0.1, 0.15) is 13.8 Å². The first-order valence-corrected chi connectivity index (χ1v) is 5.58. The second-order valence-corrected chi connectivity index (χ2v) is 5.27. The third-order valence-corrected chi connectivity index (χ3v) is 3.11. The molecule has 0 aromatic carbocycles. The average molecular weight is 331 g/mol. The third-order valence-electron chi connectivity index (χ3n) is 1.86. The fourth-order valence-corrected chi connectivity index (χ4v) is 1.02. The lowest BCUT2D eigenvalue weighted by Gasteiger charge is -2.25. The van der Waals surface area contributed by atoms with Gasteiger partial charge in [0, 0.05) is 32.4 Å². The molecule has 0 unspecified atom stereocenters. The smallest absolute Gasteiger partial charge is 0.193 e. The zero-order valence-corrected chi connectivity index (χ0v) is 13.1. The Morgan fingerprint density at radius 3 is 2.21 bits per heavy atom. The number of nitrogens with one attached hydrogen (secondary N) is 1. The van der Waals surface area contributed by atoms with E-state index in [9.17, 15) is 0 Å². The van der Waals surface area contributed by atoms with Crippen LogP contribution in [0.15, 0.2) is 4.99 Å². The molecule has 0 aliphatic heterocycles. The minimum atomic E-state index is 0. The topological polar surface area (TPSA) is 27.6 Å². The van der Waals surface area contributed by atoms with Gasteiger partial charge in [0.05, 0.1) is 0 Å². The molecule has 0 atom stereocenters. The highest BCUT2D eigenvalue weighted by molar-refractivity contribution is 14.0. The Bertz CT molecular complexity index is 181. The highest BCUT2D eigenvalue weighted by Gasteiger charge is 2.16. The summed E-state index contributed by atoms with van der Waals surface area (Å²) in [5, 5.41) is 3.32. The van der Waals surface area contributed by atoms with Crippen LogP contribution in [-0.2, 0) is 0 Å². The lowest BCUT2D eigenvalue weighted by atomic mass is 10.2. The molecule has 0 saturated carbocycles. The monoisotopic (exact) mass is 331 g/mol. The lowest BCUT2D eigenvalue weighted by molar-refractivity contribution is 0.565. The van der Waals surface area contributed by atoms with Crippen molar-refractivity contribution in [2.24, 2.45) is 4.99 Å². The van der Waals surface area contributed by atoms with Crippen LogP contribution in [0.3, 0.4) is 0 Å². The van der Waals surface area contributed by atoms with Crippen molar-refractivity contribution in [2.75, 3.05) is 33.9 Å². The maximum absolute atomic E-state index is 4.15. The number of hydrogen-bond acceptors (Lipinski definition) is 2. The van der Waals surface area contributed by atoms with Crippen LogP contribution in [0, 0.1) is 0 Å². The van der Waals surface area contributed by atoms with Gasteiger partial charge in [0.1, 0.15) is 0 Å². The van der Waals surface area contributed by atoms with Crippen LogP contribution < -0.4 is 5.32 Å². The summed E-state index contributed by atoms with van der Waals surface area (Å²) in [6.45, 7) is 5.36. The first-order chi connectivity index (χ1) is 5.93. The van der Waals surface area contributed by atoms with Gasteiger partial charge < -0.3 is 10.2 Å². The zero-order valence-electron chi connectivity index (χ0n) is 9.92. The number of halogens is 1. The maximum atomic E-state index is 4.15. The molecule has 86 valence electrons. The Hall–Kier alpha value is 0.350. The van der Waals surface area contributed by atoms with Crippen molar-refractivity contribution in [2.45, 2.75) is 18.6 Å². The first kappa shape index (κ1) is 16.8. The molecule has 3 nitrogen and oxygen atoms in total. The molecule has 14 heavy (non-hydrogen) atoms. The Kier molecular flexibility index (Phi) is 9.12. The molecule has 0 rings (SSSR count). The fraction of sp³-hybridized carbons (Fsp3) is 0.889. The second-order valence-electron chi connectivity index (χ2n) is 3.76. The van der Waals surface area contributed by atoms with Gasteiger partial charge in [-0.15, -0.1) is 24.0 Å². The molecule has 0 radical (unpaired) electrons. The molecule has 0 saturated heterocycles. The number of thioether (sulfide) groups is 1.